The van der Waals surface area contributed by atoms with Crippen LogP contribution in [-0.2, 0) is 18.3 Å². The predicted molar refractivity (Wildman–Crippen MR) is 144 cm³/mol. The van der Waals surface area contributed by atoms with Gasteiger partial charge in [-0.25, -0.2) is 13.8 Å². The summed E-state index contributed by atoms with van der Waals surface area (Å²) in [6.07, 6.45) is 6.69. The van der Waals surface area contributed by atoms with Gasteiger partial charge in [-0.05, 0) is 49.1 Å². The number of likely N-dealkylation sites (tertiary alicyclic amines) is 1. The molecule has 1 saturated heterocycles. The Kier molecular flexibility index (Phi) is 7.53. The lowest BCUT2D eigenvalue weighted by Crippen LogP contribution is -2.45. The van der Waals surface area contributed by atoms with Crippen LogP contribution in [0.4, 0.5) is 14.7 Å². The van der Waals surface area contributed by atoms with Crippen molar-refractivity contribution in [2.24, 2.45) is 7.05 Å². The standard InChI is InChI=1S/C29H30F2N6O2/c1-35-18-23(17-32-35)21-8-5-9-22(16-21)27(39)34-28-33-24(19-37(28)25-11-3-2-4-12-25)10-6-13-26(38)36-15-7-14-29(30,31)20-36/h2-5,8-9,11-12,16-19H,6-7,10,13-15,20H2,1H3,(H,33,34,39). The highest BCUT2D eigenvalue weighted by atomic mass is 19.3. The van der Waals surface area contributed by atoms with E-state index in [1.165, 1.54) is 4.90 Å². The molecule has 0 saturated carbocycles. The van der Waals surface area contributed by atoms with Crippen molar-refractivity contribution in [3.63, 3.8) is 0 Å². The van der Waals surface area contributed by atoms with Crippen molar-refractivity contribution in [2.45, 2.75) is 38.0 Å². The summed E-state index contributed by atoms with van der Waals surface area (Å²) < 4.78 is 30.9. The van der Waals surface area contributed by atoms with Crippen LogP contribution >= 0.6 is 0 Å². The Bertz CT molecular complexity index is 1460. The smallest absolute Gasteiger partial charge is 0.265 e. The van der Waals surface area contributed by atoms with Crippen LogP contribution in [0.3, 0.4) is 0 Å². The molecular weight excluding hydrogens is 502 g/mol. The molecule has 0 aliphatic carbocycles. The molecule has 2 aromatic heterocycles. The first kappa shape index (κ1) is 26.3. The number of halogens is 2. The number of aromatic nitrogens is 4. The van der Waals surface area contributed by atoms with E-state index in [-0.39, 0.29) is 24.7 Å². The summed E-state index contributed by atoms with van der Waals surface area (Å²) in [5.41, 5.74) is 3.77. The molecule has 0 atom stereocenters. The van der Waals surface area contributed by atoms with Crippen LogP contribution in [0.2, 0.25) is 0 Å². The van der Waals surface area contributed by atoms with Gasteiger partial charge < -0.3 is 4.90 Å². The normalized spacial score (nSPS) is 14.8. The third kappa shape index (κ3) is 6.39. The van der Waals surface area contributed by atoms with Gasteiger partial charge in [0.15, 0.2) is 0 Å². The Morgan fingerprint density at radius 1 is 1.05 bits per heavy atom. The third-order valence-corrected chi connectivity index (χ3v) is 6.75. The minimum atomic E-state index is -2.81. The van der Waals surface area contributed by atoms with E-state index in [1.807, 2.05) is 61.9 Å². The molecule has 1 N–H and O–H groups in total. The van der Waals surface area contributed by atoms with Gasteiger partial charge >= 0.3 is 0 Å². The van der Waals surface area contributed by atoms with Gasteiger partial charge in [0.25, 0.3) is 11.8 Å². The van der Waals surface area contributed by atoms with Crippen LogP contribution in [0.5, 0.6) is 0 Å². The molecule has 0 unspecified atom stereocenters. The molecule has 2 aromatic carbocycles. The quantitative estimate of drug-likeness (QED) is 0.342. The lowest BCUT2D eigenvalue weighted by Gasteiger charge is -2.32. The maximum atomic E-state index is 13.7. The average molecular weight is 533 g/mol. The number of anilines is 1. The molecule has 202 valence electrons. The second kappa shape index (κ2) is 11.2. The summed E-state index contributed by atoms with van der Waals surface area (Å²) in [7, 11) is 1.84. The number of piperidine rings is 1. The van der Waals surface area contributed by atoms with E-state index >= 15 is 0 Å². The number of nitrogens with one attached hydrogen (secondary N) is 1. The Morgan fingerprint density at radius 3 is 2.62 bits per heavy atom. The SMILES string of the molecule is Cn1cc(-c2cccc(C(=O)Nc3nc(CCCC(=O)N4CCCC(F)(F)C4)cn3-c3ccccc3)c2)cn1. The number of hydrogen-bond donors (Lipinski definition) is 1. The predicted octanol–water partition coefficient (Wildman–Crippen LogP) is 5.11. The van der Waals surface area contributed by atoms with Crippen molar-refractivity contribution in [3.8, 4) is 16.8 Å². The number of para-hydroxylation sites is 1. The zero-order chi connectivity index (χ0) is 27.4. The largest absolute Gasteiger partial charge is 0.337 e. The number of carbonyl (C=O) groups excluding carboxylic acids is 2. The molecule has 3 heterocycles. The number of carbonyl (C=O) groups is 2. The Balaban J connectivity index is 1.30. The van der Waals surface area contributed by atoms with Crippen molar-refractivity contribution in [2.75, 3.05) is 18.4 Å². The number of rotatable bonds is 8. The second-order valence-electron chi connectivity index (χ2n) is 9.83. The van der Waals surface area contributed by atoms with Gasteiger partial charge in [0.1, 0.15) is 0 Å². The summed E-state index contributed by atoms with van der Waals surface area (Å²) in [5.74, 6) is -3.03. The van der Waals surface area contributed by atoms with Crippen molar-refractivity contribution in [3.05, 3.63) is 84.4 Å². The van der Waals surface area contributed by atoms with Crippen molar-refractivity contribution in [1.82, 2.24) is 24.2 Å². The van der Waals surface area contributed by atoms with Gasteiger partial charge in [-0.2, -0.15) is 5.10 Å². The maximum Gasteiger partial charge on any atom is 0.265 e. The van der Waals surface area contributed by atoms with E-state index in [0.717, 1.165) is 16.8 Å². The van der Waals surface area contributed by atoms with Crippen LogP contribution in [0.25, 0.3) is 16.8 Å². The van der Waals surface area contributed by atoms with Crippen LogP contribution in [0.15, 0.2) is 73.2 Å². The molecule has 0 spiro atoms. The summed E-state index contributed by atoms with van der Waals surface area (Å²) in [4.78, 5) is 31.6. The Hall–Kier alpha value is -4.34. The minimum absolute atomic E-state index is 0.164. The first-order chi connectivity index (χ1) is 18.8. The molecule has 8 nitrogen and oxygen atoms in total. The lowest BCUT2D eigenvalue weighted by molar-refractivity contribution is -0.141. The van der Waals surface area contributed by atoms with Crippen molar-refractivity contribution < 1.29 is 18.4 Å². The molecule has 0 bridgehead atoms. The summed E-state index contributed by atoms with van der Waals surface area (Å²) in [6.45, 7) is -0.137. The molecule has 0 radical (unpaired) electrons. The van der Waals surface area contributed by atoms with Crippen molar-refractivity contribution >= 4 is 17.8 Å². The summed E-state index contributed by atoms with van der Waals surface area (Å²) in [6, 6.07) is 16.8. The highest BCUT2D eigenvalue weighted by Crippen LogP contribution is 2.27. The van der Waals surface area contributed by atoms with E-state index < -0.39 is 12.5 Å². The number of benzene rings is 2. The maximum absolute atomic E-state index is 13.7. The van der Waals surface area contributed by atoms with E-state index in [9.17, 15) is 18.4 Å². The molecule has 4 aromatic rings. The average Bonchev–Trinajstić information content (AvgIpc) is 3.54. The molecule has 1 aliphatic heterocycles. The van der Waals surface area contributed by atoms with E-state index in [4.69, 9.17) is 0 Å². The molecular formula is C29H30F2N6O2. The molecule has 1 aliphatic rings. The van der Waals surface area contributed by atoms with Gasteiger partial charge in [-0.1, -0.05) is 30.3 Å². The number of imidazole rings is 1. The summed E-state index contributed by atoms with van der Waals surface area (Å²) >= 11 is 0. The van der Waals surface area contributed by atoms with Gasteiger partial charge in [0.2, 0.25) is 11.9 Å². The molecule has 2 amide bonds. The monoisotopic (exact) mass is 532 g/mol. The topological polar surface area (TPSA) is 85.0 Å². The number of aryl methyl sites for hydroxylation is 2. The highest BCUT2D eigenvalue weighted by molar-refractivity contribution is 6.04. The third-order valence-electron chi connectivity index (χ3n) is 6.75. The Labute approximate surface area is 225 Å². The van der Waals surface area contributed by atoms with Crippen molar-refractivity contribution in [1.29, 1.82) is 0 Å². The number of alkyl halides is 2. The van der Waals surface area contributed by atoms with E-state index in [2.05, 4.69) is 15.4 Å². The van der Waals surface area contributed by atoms with Crippen LogP contribution in [0.1, 0.15) is 41.7 Å². The van der Waals surface area contributed by atoms with Crippen LogP contribution < -0.4 is 5.32 Å². The molecule has 10 heteroatoms. The number of amides is 2. The zero-order valence-corrected chi connectivity index (χ0v) is 21.7. The van der Waals surface area contributed by atoms with Gasteiger partial charge in [-0.3, -0.25) is 24.2 Å². The van der Waals surface area contributed by atoms with Crippen LogP contribution in [-0.4, -0.2) is 55.1 Å². The second-order valence-corrected chi connectivity index (χ2v) is 9.83. The van der Waals surface area contributed by atoms with E-state index in [0.29, 0.717) is 43.0 Å². The zero-order valence-electron chi connectivity index (χ0n) is 21.7. The van der Waals surface area contributed by atoms with Crippen LogP contribution in [0, 0.1) is 0 Å². The Morgan fingerprint density at radius 2 is 1.87 bits per heavy atom. The van der Waals surface area contributed by atoms with E-state index in [1.54, 1.807) is 27.6 Å². The molecule has 39 heavy (non-hydrogen) atoms. The fourth-order valence-corrected chi connectivity index (χ4v) is 4.76. The fraction of sp³-hybridized carbons (Fsp3) is 0.310. The fourth-order valence-electron chi connectivity index (χ4n) is 4.76. The highest BCUT2D eigenvalue weighted by Gasteiger charge is 2.36. The molecule has 1 fully saturated rings. The minimum Gasteiger partial charge on any atom is -0.337 e. The van der Waals surface area contributed by atoms with Gasteiger partial charge in [0, 0.05) is 55.6 Å². The first-order valence-corrected chi connectivity index (χ1v) is 13.0. The van der Waals surface area contributed by atoms with Gasteiger partial charge in [-0.15, -0.1) is 0 Å². The summed E-state index contributed by atoms with van der Waals surface area (Å²) in [5, 5.41) is 7.12. The lowest BCUT2D eigenvalue weighted by atomic mass is 10.1. The first-order valence-electron chi connectivity index (χ1n) is 13.0. The number of hydrogen-bond acceptors (Lipinski definition) is 4. The van der Waals surface area contributed by atoms with Gasteiger partial charge in [0.05, 0.1) is 18.4 Å². The number of nitrogens with zero attached hydrogens (tertiary/aromatic N) is 5. The molecule has 5 rings (SSSR count).